The highest BCUT2D eigenvalue weighted by Crippen LogP contribution is 2.60. The molecule has 4 aromatic carbocycles. The van der Waals surface area contributed by atoms with Gasteiger partial charge in [-0.05, 0) is 44.8 Å². The number of allylic oxidation sites excluding steroid dienone is 2. The zero-order valence-corrected chi connectivity index (χ0v) is 23.1. The lowest BCUT2D eigenvalue weighted by Gasteiger charge is -2.33. The molecule has 186 valence electrons. The number of hydrogen-bond donors (Lipinski definition) is 0. The van der Waals surface area contributed by atoms with Crippen LogP contribution in [0.25, 0.3) is 21.5 Å². The van der Waals surface area contributed by atoms with Gasteiger partial charge in [-0.15, -0.1) is 0 Å². The molecule has 0 aromatic heterocycles. The number of hydrogen-bond acceptors (Lipinski definition) is 2. The fourth-order valence-corrected chi connectivity index (χ4v) is 11.2. The van der Waals surface area contributed by atoms with Gasteiger partial charge in [0, 0.05) is 11.1 Å². The molecule has 0 spiro atoms. The molecule has 0 fully saturated rings. The fraction of sp³-hybridized carbons (Fsp3) is 0.176. The molecule has 0 radical (unpaired) electrons. The minimum atomic E-state index is -2.31. The van der Waals surface area contributed by atoms with E-state index in [9.17, 15) is 0 Å². The molecule has 1 heterocycles. The second-order valence-corrected chi connectivity index (χ2v) is 14.0. The first-order chi connectivity index (χ1) is 18.2. The molecule has 0 bridgehead atoms. The third-order valence-corrected chi connectivity index (χ3v) is 13.2. The predicted molar refractivity (Wildman–Crippen MR) is 159 cm³/mol. The zero-order valence-electron chi connectivity index (χ0n) is 22.1. The molecule has 3 heteroatoms. The SMILES string of the molecule is CC[Si]1(CC)C(c2ccccc2OC)=C(c2ccccc2)C(c2ccccc2)=C1c1ccccc1OC. The molecule has 4 aromatic rings. The molecule has 0 aliphatic carbocycles. The molecule has 1 aliphatic heterocycles. The molecule has 0 amide bonds. The maximum atomic E-state index is 6.00. The maximum absolute atomic E-state index is 6.00. The third-order valence-electron chi connectivity index (χ3n) is 7.79. The van der Waals surface area contributed by atoms with E-state index in [-0.39, 0.29) is 0 Å². The van der Waals surface area contributed by atoms with E-state index in [2.05, 4.69) is 123 Å². The highest BCUT2D eigenvalue weighted by atomic mass is 28.3. The lowest BCUT2D eigenvalue weighted by molar-refractivity contribution is 0.413. The van der Waals surface area contributed by atoms with Crippen LogP contribution >= 0.6 is 0 Å². The Labute approximate surface area is 221 Å². The number of para-hydroxylation sites is 2. The highest BCUT2D eigenvalue weighted by molar-refractivity contribution is 7.14. The first kappa shape index (κ1) is 24.9. The Bertz CT molecular complexity index is 1340. The van der Waals surface area contributed by atoms with Crippen LogP contribution < -0.4 is 9.47 Å². The van der Waals surface area contributed by atoms with Crippen molar-refractivity contribution in [2.45, 2.75) is 25.9 Å². The van der Waals surface area contributed by atoms with Gasteiger partial charge in [0.2, 0.25) is 0 Å². The van der Waals surface area contributed by atoms with Crippen LogP contribution in [0.5, 0.6) is 11.5 Å². The van der Waals surface area contributed by atoms with Gasteiger partial charge in [-0.25, -0.2) is 0 Å². The molecule has 5 rings (SSSR count). The van der Waals surface area contributed by atoms with E-state index in [4.69, 9.17) is 9.47 Å². The summed E-state index contributed by atoms with van der Waals surface area (Å²) in [5.41, 5.74) is 7.55. The number of benzene rings is 4. The summed E-state index contributed by atoms with van der Waals surface area (Å²) >= 11 is 0. The summed E-state index contributed by atoms with van der Waals surface area (Å²) < 4.78 is 12.0. The van der Waals surface area contributed by atoms with E-state index >= 15 is 0 Å². The van der Waals surface area contributed by atoms with Gasteiger partial charge >= 0.3 is 0 Å². The summed E-state index contributed by atoms with van der Waals surface area (Å²) in [6.07, 6.45) is 0. The monoisotopic (exact) mass is 502 g/mol. The predicted octanol–water partition coefficient (Wildman–Crippen LogP) is 8.81. The summed E-state index contributed by atoms with van der Waals surface area (Å²) in [4.78, 5) is 0. The number of ether oxygens (including phenoxy) is 2. The Morgan fingerprint density at radius 1 is 0.486 bits per heavy atom. The van der Waals surface area contributed by atoms with Crippen molar-refractivity contribution in [1.29, 1.82) is 0 Å². The van der Waals surface area contributed by atoms with Crippen LogP contribution in [0, 0.1) is 0 Å². The molecule has 0 unspecified atom stereocenters. The van der Waals surface area contributed by atoms with E-state index < -0.39 is 8.07 Å². The molecule has 1 aliphatic rings. The normalized spacial score (nSPS) is 14.7. The Morgan fingerprint density at radius 2 is 0.838 bits per heavy atom. The summed E-state index contributed by atoms with van der Waals surface area (Å²) in [5, 5.41) is 2.92. The average Bonchev–Trinajstić information content (AvgIpc) is 3.29. The van der Waals surface area contributed by atoms with Crippen molar-refractivity contribution < 1.29 is 9.47 Å². The summed E-state index contributed by atoms with van der Waals surface area (Å²) in [5.74, 6) is 1.86. The number of methoxy groups -OCH3 is 2. The maximum Gasteiger partial charge on any atom is 0.125 e. The van der Waals surface area contributed by atoms with Crippen molar-refractivity contribution in [3.63, 3.8) is 0 Å². The first-order valence-electron chi connectivity index (χ1n) is 13.1. The zero-order chi connectivity index (χ0) is 25.8. The molecule has 0 N–H and O–H groups in total. The van der Waals surface area contributed by atoms with Crippen LogP contribution in [0.1, 0.15) is 36.1 Å². The largest absolute Gasteiger partial charge is 0.496 e. The molecule has 0 atom stereocenters. The van der Waals surface area contributed by atoms with Crippen LogP contribution in [0.4, 0.5) is 0 Å². The highest BCUT2D eigenvalue weighted by Gasteiger charge is 2.49. The van der Waals surface area contributed by atoms with E-state index in [1.807, 2.05) is 0 Å². The van der Waals surface area contributed by atoms with Crippen molar-refractivity contribution in [1.82, 2.24) is 0 Å². The van der Waals surface area contributed by atoms with Crippen molar-refractivity contribution in [3.8, 4) is 11.5 Å². The van der Waals surface area contributed by atoms with Crippen LogP contribution in [0.15, 0.2) is 109 Å². The molecule has 2 nitrogen and oxygen atoms in total. The van der Waals surface area contributed by atoms with Gasteiger partial charge in [0.05, 0.1) is 14.2 Å². The average molecular weight is 503 g/mol. The Balaban J connectivity index is 2.01. The Morgan fingerprint density at radius 3 is 1.19 bits per heavy atom. The van der Waals surface area contributed by atoms with E-state index in [1.165, 1.54) is 43.8 Å². The second kappa shape index (κ2) is 10.7. The van der Waals surface area contributed by atoms with Gasteiger partial charge in [0.25, 0.3) is 0 Å². The van der Waals surface area contributed by atoms with Gasteiger partial charge in [0.1, 0.15) is 19.6 Å². The fourth-order valence-electron chi connectivity index (χ4n) is 6.08. The number of rotatable bonds is 8. The van der Waals surface area contributed by atoms with E-state index in [1.54, 1.807) is 14.2 Å². The van der Waals surface area contributed by atoms with Gasteiger partial charge < -0.3 is 9.47 Å². The molecular formula is C34H34O2Si. The first-order valence-corrected chi connectivity index (χ1v) is 15.5. The third kappa shape index (κ3) is 4.14. The van der Waals surface area contributed by atoms with E-state index in [0.717, 1.165) is 23.6 Å². The van der Waals surface area contributed by atoms with Crippen molar-refractivity contribution in [3.05, 3.63) is 131 Å². The minimum absolute atomic E-state index is 0.929. The van der Waals surface area contributed by atoms with Crippen LogP contribution in [0.3, 0.4) is 0 Å². The van der Waals surface area contributed by atoms with Crippen LogP contribution in [-0.4, -0.2) is 22.3 Å². The lowest BCUT2D eigenvalue weighted by atomic mass is 9.89. The molecule has 0 saturated heterocycles. The van der Waals surface area contributed by atoms with Crippen LogP contribution in [0.2, 0.25) is 12.1 Å². The van der Waals surface area contributed by atoms with Gasteiger partial charge in [-0.2, -0.15) is 0 Å². The van der Waals surface area contributed by atoms with Gasteiger partial charge in [-0.3, -0.25) is 0 Å². The summed E-state index contributed by atoms with van der Waals surface area (Å²) in [6.45, 7) is 4.74. The van der Waals surface area contributed by atoms with Crippen molar-refractivity contribution in [2.75, 3.05) is 14.2 Å². The Hall–Kier alpha value is -3.82. The standard InChI is InChI=1S/C34H34O2Si/c1-5-37(6-2)33(27-21-13-15-23-29(27)35-3)31(25-17-9-7-10-18-25)32(26-19-11-8-12-20-26)34(37)28-22-14-16-24-30(28)36-4/h7-24H,5-6H2,1-4H3. The quantitative estimate of drug-likeness (QED) is 0.224. The van der Waals surface area contributed by atoms with Crippen molar-refractivity contribution in [2.24, 2.45) is 0 Å². The van der Waals surface area contributed by atoms with Crippen LogP contribution in [-0.2, 0) is 0 Å². The second-order valence-electron chi connectivity index (χ2n) is 9.42. The topological polar surface area (TPSA) is 18.5 Å². The van der Waals surface area contributed by atoms with Crippen molar-refractivity contribution >= 4 is 29.6 Å². The van der Waals surface area contributed by atoms with Gasteiger partial charge in [0.15, 0.2) is 0 Å². The molecule has 0 saturated carbocycles. The van der Waals surface area contributed by atoms with Gasteiger partial charge in [-0.1, -0.05) is 123 Å². The molecule has 37 heavy (non-hydrogen) atoms. The molecular weight excluding hydrogens is 468 g/mol. The van der Waals surface area contributed by atoms with E-state index in [0.29, 0.717) is 0 Å². The Kier molecular flexibility index (Phi) is 7.16. The summed E-state index contributed by atoms with van der Waals surface area (Å²) in [6, 6.07) is 41.0. The summed E-state index contributed by atoms with van der Waals surface area (Å²) in [7, 11) is 1.26. The smallest absolute Gasteiger partial charge is 0.125 e. The lowest BCUT2D eigenvalue weighted by Crippen LogP contribution is -2.35. The minimum Gasteiger partial charge on any atom is -0.496 e.